The first-order valence-corrected chi connectivity index (χ1v) is 7.10. The van der Waals surface area contributed by atoms with Crippen LogP contribution in [0.5, 0.6) is 0 Å². The summed E-state index contributed by atoms with van der Waals surface area (Å²) in [4.78, 5) is 17.9. The van der Waals surface area contributed by atoms with Crippen LogP contribution in [-0.4, -0.2) is 84.2 Å². The molecular weight excluding hydrogens is 256 g/mol. The molecule has 0 aliphatic carbocycles. The topological polar surface area (TPSA) is 70.8 Å². The molecule has 0 aromatic rings. The standard InChI is InChI=1S/C14H26N4O2/c1-14(2,20)12-18-9-7-17(8-10-18)11-13(19)16(3)6-4-5-15/h20H,4,6-12H2,1-3H3. The highest BCUT2D eigenvalue weighted by Crippen LogP contribution is 2.08. The van der Waals surface area contributed by atoms with Gasteiger partial charge in [-0.25, -0.2) is 0 Å². The number of amides is 1. The molecule has 1 saturated heterocycles. The number of rotatable bonds is 6. The lowest BCUT2D eigenvalue weighted by Crippen LogP contribution is -2.52. The second-order valence-corrected chi connectivity index (χ2v) is 6.09. The summed E-state index contributed by atoms with van der Waals surface area (Å²) in [5.74, 6) is 0.0659. The van der Waals surface area contributed by atoms with Crippen molar-refractivity contribution < 1.29 is 9.90 Å². The van der Waals surface area contributed by atoms with Crippen LogP contribution in [0, 0.1) is 11.3 Å². The van der Waals surface area contributed by atoms with E-state index in [0.717, 1.165) is 26.2 Å². The van der Waals surface area contributed by atoms with Gasteiger partial charge in [0.05, 0.1) is 24.6 Å². The number of likely N-dealkylation sites (N-methyl/N-ethyl adjacent to an activating group) is 1. The molecule has 1 N–H and O–H groups in total. The third-order valence-electron chi connectivity index (χ3n) is 3.42. The molecule has 1 aliphatic rings. The van der Waals surface area contributed by atoms with E-state index >= 15 is 0 Å². The monoisotopic (exact) mass is 282 g/mol. The van der Waals surface area contributed by atoms with Crippen LogP contribution in [-0.2, 0) is 4.79 Å². The zero-order valence-corrected chi connectivity index (χ0v) is 12.8. The Kier molecular flexibility index (Phi) is 6.40. The maximum Gasteiger partial charge on any atom is 0.236 e. The van der Waals surface area contributed by atoms with E-state index in [2.05, 4.69) is 9.80 Å². The molecule has 1 aliphatic heterocycles. The van der Waals surface area contributed by atoms with Crippen LogP contribution in [0.3, 0.4) is 0 Å². The summed E-state index contributed by atoms with van der Waals surface area (Å²) in [6, 6.07) is 2.05. The van der Waals surface area contributed by atoms with Crippen molar-refractivity contribution in [3.8, 4) is 6.07 Å². The average molecular weight is 282 g/mol. The van der Waals surface area contributed by atoms with Crippen molar-refractivity contribution in [2.45, 2.75) is 25.9 Å². The van der Waals surface area contributed by atoms with E-state index in [0.29, 0.717) is 26.1 Å². The van der Waals surface area contributed by atoms with Crippen LogP contribution in [0.15, 0.2) is 0 Å². The minimum absolute atomic E-state index is 0.0659. The highest BCUT2D eigenvalue weighted by Gasteiger charge is 2.24. The Balaban J connectivity index is 2.28. The first-order valence-electron chi connectivity index (χ1n) is 7.10. The van der Waals surface area contributed by atoms with E-state index in [4.69, 9.17) is 5.26 Å². The molecule has 0 radical (unpaired) electrons. The van der Waals surface area contributed by atoms with Crippen molar-refractivity contribution in [1.82, 2.24) is 14.7 Å². The summed E-state index contributed by atoms with van der Waals surface area (Å²) in [5.41, 5.74) is -0.671. The average Bonchev–Trinajstić information content (AvgIpc) is 2.36. The van der Waals surface area contributed by atoms with Gasteiger partial charge in [0.25, 0.3) is 0 Å². The van der Waals surface area contributed by atoms with Gasteiger partial charge in [-0.2, -0.15) is 5.26 Å². The molecule has 1 fully saturated rings. The van der Waals surface area contributed by atoms with Crippen molar-refractivity contribution in [1.29, 1.82) is 5.26 Å². The van der Waals surface area contributed by atoms with Crippen LogP contribution < -0.4 is 0 Å². The zero-order chi connectivity index (χ0) is 15.2. The minimum atomic E-state index is -0.671. The SMILES string of the molecule is CN(CCC#N)C(=O)CN1CCN(CC(C)(C)O)CC1. The number of nitrogens with zero attached hydrogens (tertiary/aromatic N) is 4. The lowest BCUT2D eigenvalue weighted by Gasteiger charge is -2.37. The Morgan fingerprint density at radius 2 is 1.85 bits per heavy atom. The Bertz CT molecular complexity index is 351. The number of piperazine rings is 1. The fraction of sp³-hybridized carbons (Fsp3) is 0.857. The molecule has 0 saturated carbocycles. The van der Waals surface area contributed by atoms with Gasteiger partial charge in [-0.1, -0.05) is 0 Å². The molecule has 0 aromatic heterocycles. The smallest absolute Gasteiger partial charge is 0.236 e. The maximum atomic E-state index is 11.9. The molecule has 6 nitrogen and oxygen atoms in total. The summed E-state index contributed by atoms with van der Waals surface area (Å²) in [6.45, 7) is 8.63. The number of β-amino-alcohol motifs (C(OH)–C–C–N with tert-alkyl or cyclic N) is 1. The largest absolute Gasteiger partial charge is 0.389 e. The van der Waals surface area contributed by atoms with E-state index < -0.39 is 5.60 Å². The number of carbonyl (C=O) groups excluding carboxylic acids is 1. The van der Waals surface area contributed by atoms with E-state index in [1.54, 1.807) is 11.9 Å². The van der Waals surface area contributed by atoms with Crippen molar-refractivity contribution >= 4 is 5.91 Å². The maximum absolute atomic E-state index is 11.9. The van der Waals surface area contributed by atoms with Crippen LogP contribution in [0.1, 0.15) is 20.3 Å². The molecule has 1 amide bonds. The molecule has 1 heterocycles. The number of aliphatic hydroxyl groups is 1. The quantitative estimate of drug-likeness (QED) is 0.727. The number of hydrogen-bond acceptors (Lipinski definition) is 5. The first-order chi connectivity index (χ1) is 9.31. The van der Waals surface area contributed by atoms with Gasteiger partial charge in [-0.05, 0) is 13.8 Å². The Hall–Kier alpha value is -1.16. The molecule has 0 unspecified atom stereocenters. The van der Waals surface area contributed by atoms with Crippen LogP contribution in [0.2, 0.25) is 0 Å². The van der Waals surface area contributed by atoms with E-state index in [-0.39, 0.29) is 5.91 Å². The van der Waals surface area contributed by atoms with Gasteiger partial charge >= 0.3 is 0 Å². The van der Waals surface area contributed by atoms with Crippen LogP contribution >= 0.6 is 0 Å². The van der Waals surface area contributed by atoms with Gasteiger partial charge in [0, 0.05) is 46.3 Å². The predicted molar refractivity (Wildman–Crippen MR) is 77.0 cm³/mol. The molecule has 1 rings (SSSR count). The lowest BCUT2D eigenvalue weighted by molar-refractivity contribution is -0.131. The number of hydrogen-bond donors (Lipinski definition) is 1. The fourth-order valence-corrected chi connectivity index (χ4v) is 2.31. The summed E-state index contributed by atoms with van der Waals surface area (Å²) < 4.78 is 0. The van der Waals surface area contributed by atoms with Crippen molar-refractivity contribution in [2.75, 3.05) is 52.9 Å². The van der Waals surface area contributed by atoms with Gasteiger partial charge in [-0.3, -0.25) is 14.6 Å². The number of nitriles is 1. The molecule has 6 heteroatoms. The van der Waals surface area contributed by atoms with Gasteiger partial charge in [0.15, 0.2) is 0 Å². The molecule has 0 atom stereocenters. The second-order valence-electron chi connectivity index (χ2n) is 6.09. The summed E-state index contributed by atoms with van der Waals surface area (Å²) in [6.07, 6.45) is 0.377. The zero-order valence-electron chi connectivity index (χ0n) is 12.8. The van der Waals surface area contributed by atoms with Crippen molar-refractivity contribution in [3.63, 3.8) is 0 Å². The molecule has 20 heavy (non-hydrogen) atoms. The van der Waals surface area contributed by atoms with E-state index in [1.807, 2.05) is 19.9 Å². The van der Waals surface area contributed by atoms with Gasteiger partial charge in [0.2, 0.25) is 5.91 Å². The first kappa shape index (κ1) is 16.9. The van der Waals surface area contributed by atoms with Crippen molar-refractivity contribution in [3.05, 3.63) is 0 Å². The Morgan fingerprint density at radius 1 is 1.30 bits per heavy atom. The highest BCUT2D eigenvalue weighted by molar-refractivity contribution is 5.78. The second kappa shape index (κ2) is 7.58. The van der Waals surface area contributed by atoms with E-state index in [9.17, 15) is 9.90 Å². The highest BCUT2D eigenvalue weighted by atomic mass is 16.3. The number of carbonyl (C=O) groups is 1. The van der Waals surface area contributed by atoms with Gasteiger partial charge < -0.3 is 10.0 Å². The predicted octanol–water partition coefficient (Wildman–Crippen LogP) is -0.253. The molecule has 0 bridgehead atoms. The summed E-state index contributed by atoms with van der Waals surface area (Å²) >= 11 is 0. The summed E-state index contributed by atoms with van der Waals surface area (Å²) in [5, 5.41) is 18.3. The third kappa shape index (κ3) is 6.33. The normalized spacial score (nSPS) is 17.8. The summed E-state index contributed by atoms with van der Waals surface area (Å²) in [7, 11) is 1.74. The lowest BCUT2D eigenvalue weighted by atomic mass is 10.1. The Labute approximate surface area is 121 Å². The van der Waals surface area contributed by atoms with Gasteiger partial charge in [0.1, 0.15) is 0 Å². The molecular formula is C14H26N4O2. The van der Waals surface area contributed by atoms with Crippen LogP contribution in [0.25, 0.3) is 0 Å². The minimum Gasteiger partial charge on any atom is -0.389 e. The third-order valence-corrected chi connectivity index (χ3v) is 3.42. The molecule has 0 aromatic carbocycles. The van der Waals surface area contributed by atoms with Gasteiger partial charge in [-0.15, -0.1) is 0 Å². The van der Waals surface area contributed by atoms with E-state index in [1.165, 1.54) is 0 Å². The fourth-order valence-electron chi connectivity index (χ4n) is 2.31. The van der Waals surface area contributed by atoms with Crippen LogP contribution in [0.4, 0.5) is 0 Å². The Morgan fingerprint density at radius 3 is 2.35 bits per heavy atom. The molecule has 0 spiro atoms. The molecule has 114 valence electrons. The van der Waals surface area contributed by atoms with Crippen molar-refractivity contribution in [2.24, 2.45) is 0 Å².